The van der Waals surface area contributed by atoms with Gasteiger partial charge in [0.05, 0.1) is 19.3 Å². The van der Waals surface area contributed by atoms with Gasteiger partial charge in [0, 0.05) is 10.0 Å². The van der Waals surface area contributed by atoms with Gasteiger partial charge >= 0.3 is 0 Å². The summed E-state index contributed by atoms with van der Waals surface area (Å²) in [5.74, 6) is 0.876. The Hall–Kier alpha value is -1.85. The molecule has 1 unspecified atom stereocenters. The molecule has 0 fully saturated rings. The third-order valence-corrected chi connectivity index (χ3v) is 4.04. The van der Waals surface area contributed by atoms with Gasteiger partial charge in [-0.25, -0.2) is 0 Å². The summed E-state index contributed by atoms with van der Waals surface area (Å²) in [5, 5.41) is 2.93. The van der Waals surface area contributed by atoms with Crippen LogP contribution in [0.15, 0.2) is 53.0 Å². The lowest BCUT2D eigenvalue weighted by molar-refractivity contribution is -0.885. The molecule has 0 aliphatic rings. The Labute approximate surface area is 145 Å². The molecule has 2 aromatic carbocycles. The number of benzene rings is 2. The van der Waals surface area contributed by atoms with Crippen molar-refractivity contribution in [1.29, 1.82) is 0 Å². The maximum absolute atomic E-state index is 12.1. The van der Waals surface area contributed by atoms with Crippen molar-refractivity contribution in [3.63, 3.8) is 0 Å². The molecule has 122 valence electrons. The second kappa shape index (κ2) is 8.70. The highest BCUT2D eigenvalue weighted by Gasteiger charge is 2.12. The van der Waals surface area contributed by atoms with E-state index in [-0.39, 0.29) is 5.91 Å². The summed E-state index contributed by atoms with van der Waals surface area (Å²) in [6.45, 7) is 3.83. The van der Waals surface area contributed by atoms with Crippen LogP contribution < -0.4 is 15.0 Å². The number of likely N-dealkylation sites (N-methyl/N-ethyl adjacent to an activating group) is 1. The average molecular weight is 378 g/mol. The number of nitrogens with one attached hydrogen (secondary N) is 2. The van der Waals surface area contributed by atoms with Crippen LogP contribution in [0.5, 0.6) is 5.75 Å². The van der Waals surface area contributed by atoms with Crippen molar-refractivity contribution in [3.05, 3.63) is 58.6 Å². The third kappa shape index (κ3) is 5.69. The van der Waals surface area contributed by atoms with Gasteiger partial charge in [-0.1, -0.05) is 12.1 Å². The highest BCUT2D eigenvalue weighted by molar-refractivity contribution is 9.10. The van der Waals surface area contributed by atoms with Gasteiger partial charge in [0.25, 0.3) is 5.91 Å². The number of hydrogen-bond acceptors (Lipinski definition) is 2. The molecule has 0 radical (unpaired) electrons. The molecule has 0 aliphatic carbocycles. The van der Waals surface area contributed by atoms with Crippen molar-refractivity contribution in [3.8, 4) is 5.75 Å². The molecule has 0 saturated carbocycles. The number of amides is 1. The highest BCUT2D eigenvalue weighted by atomic mass is 79.9. The van der Waals surface area contributed by atoms with Crippen molar-refractivity contribution in [2.75, 3.05) is 25.5 Å². The zero-order valence-electron chi connectivity index (χ0n) is 13.4. The zero-order valence-corrected chi connectivity index (χ0v) is 15.0. The summed E-state index contributed by atoms with van der Waals surface area (Å²) < 4.78 is 6.32. The number of quaternary nitrogens is 1. The Morgan fingerprint density at radius 3 is 2.52 bits per heavy atom. The van der Waals surface area contributed by atoms with Crippen LogP contribution in [0.2, 0.25) is 0 Å². The van der Waals surface area contributed by atoms with Crippen LogP contribution in [-0.2, 0) is 11.3 Å². The van der Waals surface area contributed by atoms with Gasteiger partial charge in [-0.05, 0) is 59.3 Å². The quantitative estimate of drug-likeness (QED) is 0.778. The minimum absolute atomic E-state index is 0.000312. The van der Waals surface area contributed by atoms with Crippen molar-refractivity contribution in [2.45, 2.75) is 13.5 Å². The molecule has 2 aromatic rings. The smallest absolute Gasteiger partial charge is 0.279 e. The Kier molecular flexibility index (Phi) is 6.62. The van der Waals surface area contributed by atoms with Crippen LogP contribution in [0.3, 0.4) is 0 Å². The molecule has 0 heterocycles. The van der Waals surface area contributed by atoms with E-state index in [1.165, 1.54) is 5.56 Å². The van der Waals surface area contributed by atoms with E-state index in [0.29, 0.717) is 13.2 Å². The van der Waals surface area contributed by atoms with Crippen LogP contribution in [0.4, 0.5) is 5.69 Å². The van der Waals surface area contributed by atoms with E-state index in [1.54, 1.807) is 0 Å². The van der Waals surface area contributed by atoms with E-state index in [0.717, 1.165) is 27.4 Å². The first kappa shape index (κ1) is 17.5. The first-order valence-electron chi connectivity index (χ1n) is 7.66. The van der Waals surface area contributed by atoms with Gasteiger partial charge in [0.2, 0.25) is 0 Å². The fourth-order valence-electron chi connectivity index (χ4n) is 2.31. The van der Waals surface area contributed by atoms with Crippen LogP contribution in [0.1, 0.15) is 12.5 Å². The van der Waals surface area contributed by atoms with Gasteiger partial charge in [0.1, 0.15) is 12.3 Å². The lowest BCUT2D eigenvalue weighted by Crippen LogP contribution is -3.08. The van der Waals surface area contributed by atoms with Crippen LogP contribution in [0.25, 0.3) is 0 Å². The number of halogens is 1. The minimum Gasteiger partial charge on any atom is -0.494 e. The summed E-state index contributed by atoms with van der Waals surface area (Å²) in [5.41, 5.74) is 1.98. The predicted octanol–water partition coefficient (Wildman–Crippen LogP) is 2.50. The molecule has 0 aromatic heterocycles. The van der Waals surface area contributed by atoms with Gasteiger partial charge in [0.15, 0.2) is 6.54 Å². The molecule has 4 nitrogen and oxygen atoms in total. The van der Waals surface area contributed by atoms with E-state index in [2.05, 4.69) is 21.2 Å². The van der Waals surface area contributed by atoms with Crippen LogP contribution in [-0.4, -0.2) is 26.1 Å². The summed E-state index contributed by atoms with van der Waals surface area (Å²) in [6, 6.07) is 15.6. The Balaban J connectivity index is 1.85. The SMILES string of the molecule is CCOc1ccc(C[NH+](C)CC(=O)Nc2ccccc2Br)cc1. The van der Waals surface area contributed by atoms with Gasteiger partial charge in [-0.3, -0.25) is 4.79 Å². The van der Waals surface area contributed by atoms with Crippen molar-refractivity contribution < 1.29 is 14.4 Å². The van der Waals surface area contributed by atoms with E-state index < -0.39 is 0 Å². The summed E-state index contributed by atoms with van der Waals surface area (Å²) in [7, 11) is 2.01. The molecule has 0 spiro atoms. The molecule has 0 aliphatic heterocycles. The molecule has 0 saturated heterocycles. The second-order valence-corrected chi connectivity index (χ2v) is 6.27. The molecule has 2 N–H and O–H groups in total. The number of anilines is 1. The van der Waals surface area contributed by atoms with Crippen molar-refractivity contribution in [1.82, 2.24) is 0 Å². The van der Waals surface area contributed by atoms with E-state index in [4.69, 9.17) is 4.74 Å². The molecular formula is C18H22BrN2O2+. The predicted molar refractivity (Wildman–Crippen MR) is 95.8 cm³/mol. The summed E-state index contributed by atoms with van der Waals surface area (Å²) in [4.78, 5) is 13.3. The minimum atomic E-state index is 0.000312. The second-order valence-electron chi connectivity index (χ2n) is 5.42. The van der Waals surface area contributed by atoms with Crippen LogP contribution in [0, 0.1) is 0 Å². The first-order valence-corrected chi connectivity index (χ1v) is 8.45. The first-order chi connectivity index (χ1) is 11.1. The highest BCUT2D eigenvalue weighted by Crippen LogP contribution is 2.20. The van der Waals surface area contributed by atoms with E-state index in [9.17, 15) is 4.79 Å². The largest absolute Gasteiger partial charge is 0.494 e. The lowest BCUT2D eigenvalue weighted by atomic mass is 10.2. The number of carbonyl (C=O) groups is 1. The number of hydrogen-bond donors (Lipinski definition) is 2. The van der Waals surface area contributed by atoms with Gasteiger partial charge < -0.3 is 15.0 Å². The molecular weight excluding hydrogens is 356 g/mol. The topological polar surface area (TPSA) is 42.8 Å². The Morgan fingerprint density at radius 1 is 1.17 bits per heavy atom. The molecule has 5 heteroatoms. The standard InChI is InChI=1S/C18H21BrN2O2/c1-3-23-15-10-8-14(9-11-15)12-21(2)13-18(22)20-17-7-5-4-6-16(17)19/h4-11H,3,12-13H2,1-2H3,(H,20,22)/p+1. The monoisotopic (exact) mass is 377 g/mol. The third-order valence-electron chi connectivity index (χ3n) is 3.35. The molecule has 23 heavy (non-hydrogen) atoms. The van der Waals surface area contributed by atoms with Gasteiger partial charge in [-0.2, -0.15) is 0 Å². The van der Waals surface area contributed by atoms with Gasteiger partial charge in [-0.15, -0.1) is 0 Å². The van der Waals surface area contributed by atoms with Crippen molar-refractivity contribution >= 4 is 27.5 Å². The Morgan fingerprint density at radius 2 is 1.87 bits per heavy atom. The number of ether oxygens (including phenoxy) is 1. The summed E-state index contributed by atoms with van der Waals surface area (Å²) >= 11 is 3.43. The number of para-hydroxylation sites is 1. The molecule has 1 atom stereocenters. The summed E-state index contributed by atoms with van der Waals surface area (Å²) in [6.07, 6.45) is 0. The fraction of sp³-hybridized carbons (Fsp3) is 0.278. The average Bonchev–Trinajstić information content (AvgIpc) is 2.51. The Bertz CT molecular complexity index is 644. The maximum Gasteiger partial charge on any atom is 0.279 e. The lowest BCUT2D eigenvalue weighted by Gasteiger charge is -2.14. The molecule has 1 amide bonds. The number of rotatable bonds is 7. The van der Waals surface area contributed by atoms with E-state index in [1.807, 2.05) is 62.5 Å². The zero-order chi connectivity index (χ0) is 16.7. The fourth-order valence-corrected chi connectivity index (χ4v) is 2.70. The van der Waals surface area contributed by atoms with E-state index >= 15 is 0 Å². The number of carbonyl (C=O) groups excluding carboxylic acids is 1. The van der Waals surface area contributed by atoms with Crippen molar-refractivity contribution in [2.24, 2.45) is 0 Å². The maximum atomic E-state index is 12.1. The van der Waals surface area contributed by atoms with Crippen LogP contribution >= 0.6 is 15.9 Å². The molecule has 2 rings (SSSR count). The molecule has 0 bridgehead atoms. The normalized spacial score (nSPS) is 11.8.